The fourth-order valence-corrected chi connectivity index (χ4v) is 2.17. The van der Waals surface area contributed by atoms with E-state index in [4.69, 9.17) is 16.3 Å². The number of ketones is 1. The number of aryl methyl sites for hydroxylation is 1. The molecule has 106 valence electrons. The first-order valence-electron chi connectivity index (χ1n) is 6.05. The van der Waals surface area contributed by atoms with E-state index in [1.165, 1.54) is 29.1 Å². The Hall–Kier alpha value is -1.72. The highest BCUT2D eigenvalue weighted by molar-refractivity contribution is 6.34. The number of carbonyl (C=O) groups is 1. The van der Waals surface area contributed by atoms with Crippen LogP contribution in [-0.2, 0) is 11.3 Å². The third-order valence-corrected chi connectivity index (χ3v) is 3.23. The van der Waals surface area contributed by atoms with Crippen molar-refractivity contribution < 1.29 is 13.9 Å². The zero-order valence-electron chi connectivity index (χ0n) is 11.2. The molecule has 0 aliphatic rings. The number of carbonyl (C=O) groups excluding carboxylic acids is 1. The number of benzene rings is 1. The van der Waals surface area contributed by atoms with E-state index in [1.54, 1.807) is 14.0 Å². The van der Waals surface area contributed by atoms with Gasteiger partial charge in [0.25, 0.3) is 0 Å². The molecule has 0 aliphatic carbocycles. The fourth-order valence-electron chi connectivity index (χ4n) is 1.94. The topological polar surface area (TPSA) is 44.1 Å². The van der Waals surface area contributed by atoms with Crippen LogP contribution < -0.4 is 0 Å². The van der Waals surface area contributed by atoms with Crippen molar-refractivity contribution in [2.75, 3.05) is 13.7 Å². The van der Waals surface area contributed by atoms with E-state index in [0.29, 0.717) is 30.0 Å². The van der Waals surface area contributed by atoms with Crippen LogP contribution in [0.4, 0.5) is 4.39 Å². The fraction of sp³-hybridized carbons (Fsp3) is 0.286. The van der Waals surface area contributed by atoms with Crippen molar-refractivity contribution >= 4 is 17.4 Å². The number of ether oxygens (including phenoxy) is 1. The van der Waals surface area contributed by atoms with Gasteiger partial charge in [0.2, 0.25) is 5.78 Å². The Bertz CT molecular complexity index is 640. The Morgan fingerprint density at radius 1 is 1.50 bits per heavy atom. The first-order valence-corrected chi connectivity index (χ1v) is 6.43. The lowest BCUT2D eigenvalue weighted by molar-refractivity contribution is 0.102. The number of halogens is 2. The second kappa shape index (κ2) is 6.15. The first-order chi connectivity index (χ1) is 9.54. The molecule has 0 bridgehead atoms. The highest BCUT2D eigenvalue weighted by atomic mass is 35.5. The summed E-state index contributed by atoms with van der Waals surface area (Å²) in [6, 6.07) is 4.03. The highest BCUT2D eigenvalue weighted by Crippen LogP contribution is 2.21. The van der Waals surface area contributed by atoms with E-state index in [2.05, 4.69) is 5.10 Å². The Balaban J connectivity index is 2.40. The van der Waals surface area contributed by atoms with Gasteiger partial charge in [-0.05, 0) is 30.7 Å². The van der Waals surface area contributed by atoms with E-state index in [-0.39, 0.29) is 16.6 Å². The maximum absolute atomic E-state index is 13.1. The summed E-state index contributed by atoms with van der Waals surface area (Å²) in [4.78, 5) is 12.5. The summed E-state index contributed by atoms with van der Waals surface area (Å²) in [5.74, 6) is -0.654. The van der Waals surface area contributed by atoms with Gasteiger partial charge in [0.1, 0.15) is 11.5 Å². The maximum Gasteiger partial charge on any atom is 0.212 e. The van der Waals surface area contributed by atoms with Crippen molar-refractivity contribution in [3.05, 3.63) is 52.1 Å². The van der Waals surface area contributed by atoms with Gasteiger partial charge in [-0.2, -0.15) is 5.10 Å². The van der Waals surface area contributed by atoms with E-state index in [1.807, 2.05) is 0 Å². The number of nitrogens with zero attached hydrogens (tertiary/aromatic N) is 2. The third kappa shape index (κ3) is 2.89. The molecule has 2 aromatic rings. The maximum atomic E-state index is 13.1. The van der Waals surface area contributed by atoms with Gasteiger partial charge in [-0.1, -0.05) is 11.6 Å². The highest BCUT2D eigenvalue weighted by Gasteiger charge is 2.20. The van der Waals surface area contributed by atoms with Crippen LogP contribution in [0.25, 0.3) is 0 Å². The van der Waals surface area contributed by atoms with Crippen LogP contribution in [0.1, 0.15) is 21.6 Å². The molecule has 0 aliphatic heterocycles. The summed E-state index contributed by atoms with van der Waals surface area (Å²) >= 11 is 6.03. The zero-order valence-corrected chi connectivity index (χ0v) is 11.9. The summed E-state index contributed by atoms with van der Waals surface area (Å²) in [6.45, 7) is 2.52. The molecule has 1 aromatic carbocycles. The lowest BCUT2D eigenvalue weighted by Gasteiger charge is -2.09. The second-order valence-corrected chi connectivity index (χ2v) is 4.75. The van der Waals surface area contributed by atoms with E-state index < -0.39 is 0 Å². The Morgan fingerprint density at radius 3 is 2.90 bits per heavy atom. The normalized spacial score (nSPS) is 10.8. The second-order valence-electron chi connectivity index (χ2n) is 4.35. The lowest BCUT2D eigenvalue weighted by atomic mass is 10.0. The molecule has 0 saturated heterocycles. The number of aromatic nitrogens is 2. The van der Waals surface area contributed by atoms with Crippen LogP contribution in [0.5, 0.6) is 0 Å². The van der Waals surface area contributed by atoms with Crippen molar-refractivity contribution in [3.8, 4) is 0 Å². The van der Waals surface area contributed by atoms with Crippen molar-refractivity contribution in [2.24, 2.45) is 0 Å². The molecular formula is C14H14ClFN2O2. The summed E-state index contributed by atoms with van der Waals surface area (Å²) in [5, 5.41) is 4.33. The molecule has 1 aromatic heterocycles. The number of hydrogen-bond donors (Lipinski definition) is 0. The molecule has 0 unspecified atom stereocenters. The average Bonchev–Trinajstić information content (AvgIpc) is 2.77. The molecular weight excluding hydrogens is 283 g/mol. The lowest BCUT2D eigenvalue weighted by Crippen LogP contribution is -2.15. The van der Waals surface area contributed by atoms with Crippen LogP contribution in [0.2, 0.25) is 5.02 Å². The molecule has 0 amide bonds. The first kappa shape index (κ1) is 14.7. The molecule has 2 rings (SSSR count). The third-order valence-electron chi connectivity index (χ3n) is 2.95. The van der Waals surface area contributed by atoms with Gasteiger partial charge in [0.15, 0.2) is 0 Å². The molecule has 0 atom stereocenters. The summed E-state index contributed by atoms with van der Waals surface area (Å²) in [5.41, 5.74) is 1.26. The van der Waals surface area contributed by atoms with Gasteiger partial charge in [-0.15, -0.1) is 0 Å². The SMILES string of the molecule is COCCn1ncc(Cl)c1C(=O)c1ccc(F)cc1C. The molecule has 6 heteroatoms. The van der Waals surface area contributed by atoms with Crippen LogP contribution >= 0.6 is 11.6 Å². The number of hydrogen-bond acceptors (Lipinski definition) is 3. The standard InChI is InChI=1S/C14H14ClFN2O2/c1-9-7-10(16)3-4-11(9)14(19)13-12(15)8-17-18(13)5-6-20-2/h3-4,7-8H,5-6H2,1-2H3. The van der Waals surface area contributed by atoms with Gasteiger partial charge in [-0.25, -0.2) is 4.39 Å². The van der Waals surface area contributed by atoms with Crippen molar-refractivity contribution in [2.45, 2.75) is 13.5 Å². The van der Waals surface area contributed by atoms with Gasteiger partial charge in [0, 0.05) is 12.7 Å². The number of methoxy groups -OCH3 is 1. The minimum absolute atomic E-state index is 0.273. The average molecular weight is 297 g/mol. The van der Waals surface area contributed by atoms with Crippen molar-refractivity contribution in [1.29, 1.82) is 0 Å². The molecule has 1 heterocycles. The smallest absolute Gasteiger partial charge is 0.212 e. The summed E-state index contributed by atoms with van der Waals surface area (Å²) < 4.78 is 19.6. The van der Waals surface area contributed by atoms with Crippen LogP contribution in [-0.4, -0.2) is 29.3 Å². The molecule has 0 radical (unpaired) electrons. The molecule has 0 saturated carbocycles. The minimum atomic E-state index is -0.377. The molecule has 0 fully saturated rings. The number of rotatable bonds is 5. The molecule has 0 spiro atoms. The van der Waals surface area contributed by atoms with Crippen LogP contribution in [0.15, 0.2) is 24.4 Å². The summed E-state index contributed by atoms with van der Waals surface area (Å²) in [6.07, 6.45) is 1.42. The predicted molar refractivity (Wildman–Crippen MR) is 73.7 cm³/mol. The van der Waals surface area contributed by atoms with Crippen LogP contribution in [0.3, 0.4) is 0 Å². The van der Waals surface area contributed by atoms with Gasteiger partial charge < -0.3 is 4.74 Å². The Labute approximate surface area is 121 Å². The Morgan fingerprint density at radius 2 is 2.25 bits per heavy atom. The zero-order chi connectivity index (χ0) is 14.7. The quantitative estimate of drug-likeness (QED) is 0.797. The van der Waals surface area contributed by atoms with Gasteiger partial charge in [0.05, 0.1) is 24.4 Å². The van der Waals surface area contributed by atoms with Crippen molar-refractivity contribution in [1.82, 2.24) is 9.78 Å². The van der Waals surface area contributed by atoms with Crippen LogP contribution in [0, 0.1) is 12.7 Å². The summed E-state index contributed by atoms with van der Waals surface area (Å²) in [7, 11) is 1.57. The Kier molecular flexibility index (Phi) is 4.52. The van der Waals surface area contributed by atoms with E-state index in [9.17, 15) is 9.18 Å². The van der Waals surface area contributed by atoms with Gasteiger partial charge >= 0.3 is 0 Å². The largest absolute Gasteiger partial charge is 0.383 e. The molecule has 4 nitrogen and oxygen atoms in total. The molecule has 0 N–H and O–H groups in total. The van der Waals surface area contributed by atoms with Crippen molar-refractivity contribution in [3.63, 3.8) is 0 Å². The van der Waals surface area contributed by atoms with Gasteiger partial charge in [-0.3, -0.25) is 9.48 Å². The predicted octanol–water partition coefficient (Wildman–Crippen LogP) is 2.86. The van der Waals surface area contributed by atoms with E-state index >= 15 is 0 Å². The molecule has 20 heavy (non-hydrogen) atoms. The monoisotopic (exact) mass is 296 g/mol. The minimum Gasteiger partial charge on any atom is -0.383 e. The van der Waals surface area contributed by atoms with E-state index in [0.717, 1.165) is 0 Å².